The van der Waals surface area contributed by atoms with Gasteiger partial charge in [0.15, 0.2) is 0 Å². The molecule has 5 heteroatoms. The highest BCUT2D eigenvalue weighted by Crippen LogP contribution is 2.32. The van der Waals surface area contributed by atoms with Crippen molar-refractivity contribution in [1.29, 1.82) is 0 Å². The Morgan fingerprint density at radius 3 is 3.00 bits per heavy atom. The van der Waals surface area contributed by atoms with E-state index in [-0.39, 0.29) is 6.04 Å². The van der Waals surface area contributed by atoms with E-state index in [0.29, 0.717) is 13.2 Å². The molecule has 2 N–H and O–H groups in total. The zero-order chi connectivity index (χ0) is 13.9. The average Bonchev–Trinajstić information content (AvgIpc) is 2.76. The second-order valence-corrected chi connectivity index (χ2v) is 6.70. The third-order valence-electron chi connectivity index (χ3n) is 3.56. The van der Waals surface area contributed by atoms with Crippen LogP contribution < -0.4 is 10.5 Å². The van der Waals surface area contributed by atoms with Crippen molar-refractivity contribution in [1.82, 2.24) is 4.90 Å². The lowest BCUT2D eigenvalue weighted by Crippen LogP contribution is -2.34. The summed E-state index contributed by atoms with van der Waals surface area (Å²) in [5.74, 6) is 0.998. The first-order chi connectivity index (χ1) is 9.78. The van der Waals surface area contributed by atoms with Gasteiger partial charge in [0.05, 0.1) is 6.04 Å². The summed E-state index contributed by atoms with van der Waals surface area (Å²) < 4.78 is 6.95. The minimum Gasteiger partial charge on any atom is -0.492 e. The molecular weight excluding hydrogens is 336 g/mol. The second kappa shape index (κ2) is 6.26. The molecule has 1 atom stereocenters. The van der Waals surface area contributed by atoms with Crippen molar-refractivity contribution in [3.63, 3.8) is 0 Å². The Morgan fingerprint density at radius 2 is 2.25 bits per heavy atom. The van der Waals surface area contributed by atoms with Crippen molar-refractivity contribution in [2.24, 2.45) is 5.73 Å². The number of para-hydroxylation sites is 1. The summed E-state index contributed by atoms with van der Waals surface area (Å²) >= 11 is 5.28. The number of hydrogen-bond acceptors (Lipinski definition) is 4. The highest BCUT2D eigenvalue weighted by molar-refractivity contribution is 9.10. The van der Waals surface area contributed by atoms with E-state index in [9.17, 15) is 0 Å². The molecule has 0 saturated heterocycles. The summed E-state index contributed by atoms with van der Waals surface area (Å²) in [6.45, 7) is 3.11. The molecule has 3 nitrogen and oxygen atoms in total. The summed E-state index contributed by atoms with van der Waals surface area (Å²) in [5, 5.41) is 2.11. The maximum atomic E-state index is 6.02. The van der Waals surface area contributed by atoms with Crippen LogP contribution in [0.25, 0.3) is 0 Å². The normalized spacial score (nSPS) is 17.1. The quantitative estimate of drug-likeness (QED) is 0.919. The van der Waals surface area contributed by atoms with E-state index in [0.717, 1.165) is 23.3 Å². The van der Waals surface area contributed by atoms with Crippen molar-refractivity contribution in [3.05, 3.63) is 50.6 Å². The number of halogens is 1. The van der Waals surface area contributed by atoms with Gasteiger partial charge in [0, 0.05) is 39.9 Å². The molecule has 1 aliphatic heterocycles. The lowest BCUT2D eigenvalue weighted by Gasteiger charge is -2.28. The lowest BCUT2D eigenvalue weighted by molar-refractivity contribution is 0.175. The molecule has 106 valence electrons. The topological polar surface area (TPSA) is 38.5 Å². The van der Waals surface area contributed by atoms with Crippen LogP contribution in [0.1, 0.15) is 16.5 Å². The molecule has 20 heavy (non-hydrogen) atoms. The van der Waals surface area contributed by atoms with Crippen molar-refractivity contribution in [3.8, 4) is 5.75 Å². The predicted octanol–water partition coefficient (Wildman–Crippen LogP) is 3.41. The van der Waals surface area contributed by atoms with Crippen molar-refractivity contribution in [2.75, 3.05) is 19.7 Å². The number of benzene rings is 1. The van der Waals surface area contributed by atoms with Crippen LogP contribution in [-0.4, -0.2) is 24.6 Å². The Labute approximate surface area is 131 Å². The van der Waals surface area contributed by atoms with Crippen LogP contribution in [0.3, 0.4) is 0 Å². The molecule has 1 aliphatic rings. The Hall–Kier alpha value is -0.880. The monoisotopic (exact) mass is 352 g/mol. The highest BCUT2D eigenvalue weighted by Gasteiger charge is 2.24. The van der Waals surface area contributed by atoms with Gasteiger partial charge in [0.1, 0.15) is 12.4 Å². The predicted molar refractivity (Wildman–Crippen MR) is 86.2 cm³/mol. The van der Waals surface area contributed by atoms with Gasteiger partial charge in [-0.2, -0.15) is 0 Å². The molecular formula is C15H17BrN2OS. The number of ether oxygens (including phenoxy) is 1. The van der Waals surface area contributed by atoms with E-state index in [4.69, 9.17) is 10.5 Å². The van der Waals surface area contributed by atoms with Crippen LogP contribution in [0.15, 0.2) is 40.2 Å². The van der Waals surface area contributed by atoms with Crippen LogP contribution >= 0.6 is 27.3 Å². The van der Waals surface area contributed by atoms with E-state index in [2.05, 4.69) is 44.4 Å². The van der Waals surface area contributed by atoms with E-state index >= 15 is 0 Å². The molecule has 0 aliphatic carbocycles. The molecule has 2 aromatic rings. The van der Waals surface area contributed by atoms with Crippen molar-refractivity contribution < 1.29 is 4.74 Å². The van der Waals surface area contributed by atoms with Crippen molar-refractivity contribution >= 4 is 27.3 Å². The lowest BCUT2D eigenvalue weighted by atomic mass is 10.1. The zero-order valence-electron chi connectivity index (χ0n) is 11.1. The number of hydrogen-bond donors (Lipinski definition) is 1. The van der Waals surface area contributed by atoms with Crippen LogP contribution in [0.2, 0.25) is 0 Å². The van der Waals surface area contributed by atoms with Gasteiger partial charge < -0.3 is 10.5 Å². The largest absolute Gasteiger partial charge is 0.492 e. The fraction of sp³-hybridized carbons (Fsp3) is 0.333. The highest BCUT2D eigenvalue weighted by atomic mass is 79.9. The molecule has 1 unspecified atom stereocenters. The average molecular weight is 353 g/mol. The third kappa shape index (κ3) is 2.91. The van der Waals surface area contributed by atoms with E-state index < -0.39 is 0 Å². The molecule has 0 fully saturated rings. The summed E-state index contributed by atoms with van der Waals surface area (Å²) in [6, 6.07) is 10.7. The van der Waals surface area contributed by atoms with Crippen LogP contribution in [-0.2, 0) is 6.54 Å². The smallest absolute Gasteiger partial charge is 0.123 e. The number of nitrogens with zero attached hydrogens (tertiary/aromatic N) is 1. The summed E-state index contributed by atoms with van der Waals surface area (Å²) in [5.41, 5.74) is 7.26. The maximum Gasteiger partial charge on any atom is 0.123 e. The molecule has 2 heterocycles. The van der Waals surface area contributed by atoms with E-state index in [1.807, 2.05) is 12.1 Å². The number of rotatable bonds is 3. The van der Waals surface area contributed by atoms with Crippen LogP contribution in [0.4, 0.5) is 0 Å². The minimum absolute atomic E-state index is 0.251. The van der Waals surface area contributed by atoms with Gasteiger partial charge in [0.25, 0.3) is 0 Å². The van der Waals surface area contributed by atoms with E-state index in [1.54, 1.807) is 11.3 Å². The first-order valence-electron chi connectivity index (χ1n) is 6.66. The number of fused-ring (bicyclic) bond motifs is 1. The minimum atomic E-state index is 0.251. The van der Waals surface area contributed by atoms with Gasteiger partial charge in [-0.1, -0.05) is 18.2 Å². The van der Waals surface area contributed by atoms with Crippen LogP contribution in [0.5, 0.6) is 5.75 Å². The Balaban J connectivity index is 1.86. The Morgan fingerprint density at radius 1 is 1.40 bits per heavy atom. The third-order valence-corrected chi connectivity index (χ3v) is 5.36. The van der Waals surface area contributed by atoms with Gasteiger partial charge in [0.2, 0.25) is 0 Å². The van der Waals surface area contributed by atoms with Crippen LogP contribution in [0, 0.1) is 0 Å². The Bertz CT molecular complexity index is 587. The number of thiophene rings is 1. The van der Waals surface area contributed by atoms with Gasteiger partial charge >= 0.3 is 0 Å². The fourth-order valence-corrected chi connectivity index (χ4v) is 4.15. The number of nitrogens with two attached hydrogens (primary N) is 1. The van der Waals surface area contributed by atoms with Gasteiger partial charge in [-0.25, -0.2) is 0 Å². The Kier molecular flexibility index (Phi) is 4.41. The van der Waals surface area contributed by atoms with E-state index in [1.165, 1.54) is 10.4 Å². The summed E-state index contributed by atoms with van der Waals surface area (Å²) in [6.07, 6.45) is 0. The molecule has 0 spiro atoms. The molecule has 3 rings (SSSR count). The SMILES string of the molecule is NCC(c1cc(Br)cs1)N1CCOc2ccccc2C1. The molecule has 1 aromatic heterocycles. The molecule has 1 aromatic carbocycles. The molecule has 0 radical (unpaired) electrons. The summed E-state index contributed by atoms with van der Waals surface area (Å²) in [7, 11) is 0. The first kappa shape index (κ1) is 14.1. The van der Waals surface area contributed by atoms with Gasteiger partial charge in [-0.3, -0.25) is 4.90 Å². The molecule has 0 saturated carbocycles. The first-order valence-corrected chi connectivity index (χ1v) is 8.34. The zero-order valence-corrected chi connectivity index (χ0v) is 13.5. The second-order valence-electron chi connectivity index (χ2n) is 4.85. The van der Waals surface area contributed by atoms with Gasteiger partial charge in [-0.15, -0.1) is 11.3 Å². The fourth-order valence-electron chi connectivity index (χ4n) is 2.56. The van der Waals surface area contributed by atoms with Gasteiger partial charge in [-0.05, 0) is 28.1 Å². The van der Waals surface area contributed by atoms with Crippen molar-refractivity contribution in [2.45, 2.75) is 12.6 Å². The molecule has 0 amide bonds. The standard InChI is InChI=1S/C15H17BrN2OS/c16-12-7-15(20-10-12)13(8-17)18-5-6-19-14-4-2-1-3-11(14)9-18/h1-4,7,10,13H,5-6,8-9,17H2. The molecule has 0 bridgehead atoms. The summed E-state index contributed by atoms with van der Waals surface area (Å²) in [4.78, 5) is 3.71. The maximum absolute atomic E-state index is 6.02.